The molecular weight excluding hydrogens is 400 g/mol. The third-order valence-corrected chi connectivity index (χ3v) is 4.35. The zero-order valence-corrected chi connectivity index (χ0v) is 15.1. The van der Waals surface area contributed by atoms with Crippen LogP contribution in [0.1, 0.15) is 11.1 Å². The molecule has 0 unspecified atom stereocenters. The van der Waals surface area contributed by atoms with E-state index < -0.39 is 39.5 Å². The van der Waals surface area contributed by atoms with Gasteiger partial charge >= 0.3 is 0 Å². The fourth-order valence-electron chi connectivity index (χ4n) is 2.57. The molecule has 0 fully saturated rings. The molecule has 3 aromatic rings. The van der Waals surface area contributed by atoms with Gasteiger partial charge in [-0.3, -0.25) is 9.36 Å². The van der Waals surface area contributed by atoms with Crippen LogP contribution < -0.4 is 16.0 Å². The van der Waals surface area contributed by atoms with Crippen molar-refractivity contribution in [1.29, 1.82) is 0 Å². The highest BCUT2D eigenvalue weighted by atomic mass is 35.5. The van der Waals surface area contributed by atoms with Crippen molar-refractivity contribution >= 4 is 11.6 Å². The van der Waals surface area contributed by atoms with E-state index in [1.54, 1.807) is 0 Å². The lowest BCUT2D eigenvalue weighted by Crippen LogP contribution is -2.47. The second-order valence-electron chi connectivity index (χ2n) is 5.85. The molecule has 3 rings (SSSR count). The van der Waals surface area contributed by atoms with Gasteiger partial charge in [0.2, 0.25) is 0 Å². The largest absolute Gasteiger partial charge is 0.487 e. The van der Waals surface area contributed by atoms with E-state index in [9.17, 15) is 22.4 Å². The Hall–Kier alpha value is -2.84. The van der Waals surface area contributed by atoms with E-state index in [2.05, 4.69) is 5.73 Å². The van der Waals surface area contributed by atoms with Crippen LogP contribution in [0.4, 0.5) is 17.6 Å². The highest BCUT2D eigenvalue weighted by molar-refractivity contribution is 6.31. The topological polar surface area (TPSA) is 58.9 Å². The molecule has 0 bridgehead atoms. The molecule has 0 saturated carbocycles. The van der Waals surface area contributed by atoms with Gasteiger partial charge in [0.25, 0.3) is 5.56 Å². The zero-order chi connectivity index (χ0) is 20.4. The van der Waals surface area contributed by atoms with Crippen LogP contribution in [-0.4, -0.2) is 4.57 Å². The standard InChI is InChI=1S/C19H13ClF4N2O2/c20-17-16(28-9-11-1-2-12(21)7-13(11)22)3-4-26(19(17)27)18-14(23)5-10(8-25)6-15(18)24/h1-7H,8-9,25H2/p+1. The van der Waals surface area contributed by atoms with Crippen molar-refractivity contribution in [2.24, 2.45) is 0 Å². The maximum absolute atomic E-state index is 14.3. The summed E-state index contributed by atoms with van der Waals surface area (Å²) in [5.74, 6) is -3.56. The second-order valence-corrected chi connectivity index (χ2v) is 6.23. The first-order valence-corrected chi connectivity index (χ1v) is 8.45. The first-order chi connectivity index (χ1) is 13.3. The summed E-state index contributed by atoms with van der Waals surface area (Å²) in [6, 6.07) is 6.32. The Bertz CT molecular complexity index is 1080. The Morgan fingerprint density at radius 3 is 2.29 bits per heavy atom. The minimum atomic E-state index is -0.945. The molecule has 0 aliphatic rings. The molecule has 2 aromatic carbocycles. The van der Waals surface area contributed by atoms with Crippen molar-refractivity contribution in [3.8, 4) is 11.4 Å². The van der Waals surface area contributed by atoms with Gasteiger partial charge in [0.1, 0.15) is 34.7 Å². The van der Waals surface area contributed by atoms with E-state index in [4.69, 9.17) is 16.3 Å². The maximum atomic E-state index is 14.3. The van der Waals surface area contributed by atoms with Crippen molar-refractivity contribution in [2.45, 2.75) is 13.2 Å². The van der Waals surface area contributed by atoms with Crippen molar-refractivity contribution in [1.82, 2.24) is 4.57 Å². The minimum absolute atomic E-state index is 0.0440. The van der Waals surface area contributed by atoms with Gasteiger partial charge in [-0.1, -0.05) is 11.6 Å². The predicted molar refractivity (Wildman–Crippen MR) is 94.2 cm³/mol. The van der Waals surface area contributed by atoms with Crippen molar-refractivity contribution in [3.63, 3.8) is 0 Å². The number of ether oxygens (including phenoxy) is 1. The van der Waals surface area contributed by atoms with Gasteiger partial charge in [-0.05, 0) is 30.3 Å². The lowest BCUT2D eigenvalue weighted by atomic mass is 10.2. The summed E-state index contributed by atoms with van der Waals surface area (Å²) in [6.45, 7) is -0.146. The number of hydrogen-bond acceptors (Lipinski definition) is 2. The summed E-state index contributed by atoms with van der Waals surface area (Å²) in [5, 5.41) is -0.440. The molecule has 1 heterocycles. The van der Waals surface area contributed by atoms with Crippen molar-refractivity contribution in [2.75, 3.05) is 0 Å². The molecule has 0 aliphatic carbocycles. The monoisotopic (exact) mass is 413 g/mol. The third kappa shape index (κ3) is 3.88. The first-order valence-electron chi connectivity index (χ1n) is 8.07. The summed E-state index contributed by atoms with van der Waals surface area (Å²) in [7, 11) is 0. The summed E-state index contributed by atoms with van der Waals surface area (Å²) < 4.78 is 61.2. The average Bonchev–Trinajstić information content (AvgIpc) is 2.65. The lowest BCUT2D eigenvalue weighted by molar-refractivity contribution is -0.386. The van der Waals surface area contributed by atoms with E-state index >= 15 is 0 Å². The quantitative estimate of drug-likeness (QED) is 0.652. The molecule has 9 heteroatoms. The number of benzene rings is 2. The molecule has 3 N–H and O–H groups in total. The number of hydrogen-bond donors (Lipinski definition) is 1. The van der Waals surface area contributed by atoms with Crippen LogP contribution in [0.25, 0.3) is 5.69 Å². The fraction of sp³-hybridized carbons (Fsp3) is 0.105. The fourth-order valence-corrected chi connectivity index (χ4v) is 2.78. The first kappa shape index (κ1) is 19.9. The molecule has 4 nitrogen and oxygen atoms in total. The normalized spacial score (nSPS) is 10.9. The molecule has 0 spiro atoms. The van der Waals surface area contributed by atoms with Crippen LogP contribution >= 0.6 is 11.6 Å². The molecule has 146 valence electrons. The molecular formula is C19H14ClF4N2O2+. The van der Waals surface area contributed by atoms with E-state index in [0.29, 0.717) is 16.2 Å². The van der Waals surface area contributed by atoms with Crippen LogP contribution in [-0.2, 0) is 13.2 Å². The Labute approximate surface area is 161 Å². The molecule has 0 radical (unpaired) electrons. The Kier molecular flexibility index (Phi) is 5.71. The van der Waals surface area contributed by atoms with Gasteiger partial charge in [0.15, 0.2) is 11.6 Å². The Morgan fingerprint density at radius 2 is 1.68 bits per heavy atom. The van der Waals surface area contributed by atoms with Gasteiger partial charge < -0.3 is 10.5 Å². The Morgan fingerprint density at radius 1 is 1.00 bits per heavy atom. The van der Waals surface area contributed by atoms with Gasteiger partial charge in [-0.25, -0.2) is 17.6 Å². The van der Waals surface area contributed by atoms with Crippen LogP contribution in [0.5, 0.6) is 5.75 Å². The molecule has 0 atom stereocenters. The van der Waals surface area contributed by atoms with E-state index in [1.807, 2.05) is 0 Å². The SMILES string of the molecule is [NH3+]Cc1cc(F)c(-n2ccc(OCc3ccc(F)cc3F)c(Cl)c2=O)c(F)c1. The summed E-state index contributed by atoms with van der Waals surface area (Å²) in [5.41, 5.74) is 2.43. The van der Waals surface area contributed by atoms with E-state index in [0.717, 1.165) is 24.4 Å². The van der Waals surface area contributed by atoms with Crippen LogP contribution in [0.3, 0.4) is 0 Å². The van der Waals surface area contributed by atoms with Crippen molar-refractivity contribution in [3.05, 3.63) is 92.4 Å². The van der Waals surface area contributed by atoms with E-state index in [-0.39, 0.29) is 24.5 Å². The third-order valence-electron chi connectivity index (χ3n) is 4.00. The summed E-state index contributed by atoms with van der Waals surface area (Å²) in [6.07, 6.45) is 1.09. The average molecular weight is 414 g/mol. The minimum Gasteiger partial charge on any atom is -0.487 e. The number of aromatic nitrogens is 1. The van der Waals surface area contributed by atoms with Crippen LogP contribution in [0.15, 0.2) is 47.4 Å². The summed E-state index contributed by atoms with van der Waals surface area (Å²) >= 11 is 5.98. The second kappa shape index (κ2) is 8.04. The lowest BCUT2D eigenvalue weighted by Gasteiger charge is -2.13. The molecule has 0 aliphatic heterocycles. The molecule has 28 heavy (non-hydrogen) atoms. The highest BCUT2D eigenvalue weighted by Gasteiger charge is 2.18. The number of nitrogens with zero attached hydrogens (tertiary/aromatic N) is 1. The number of rotatable bonds is 5. The molecule has 0 amide bonds. The number of halogens is 5. The number of pyridine rings is 1. The van der Waals surface area contributed by atoms with E-state index in [1.165, 1.54) is 12.1 Å². The van der Waals surface area contributed by atoms with Gasteiger partial charge in [-0.15, -0.1) is 0 Å². The zero-order valence-electron chi connectivity index (χ0n) is 14.3. The smallest absolute Gasteiger partial charge is 0.277 e. The maximum Gasteiger partial charge on any atom is 0.277 e. The van der Waals surface area contributed by atoms with Gasteiger partial charge in [0, 0.05) is 23.4 Å². The predicted octanol–water partition coefficient (Wildman–Crippen LogP) is 3.37. The van der Waals surface area contributed by atoms with Crippen LogP contribution in [0.2, 0.25) is 5.02 Å². The van der Waals surface area contributed by atoms with Crippen molar-refractivity contribution < 1.29 is 28.0 Å². The summed E-state index contributed by atoms with van der Waals surface area (Å²) in [4.78, 5) is 12.5. The van der Waals surface area contributed by atoms with Gasteiger partial charge in [0.05, 0.1) is 6.54 Å². The highest BCUT2D eigenvalue weighted by Crippen LogP contribution is 2.25. The van der Waals surface area contributed by atoms with Crippen LogP contribution in [0, 0.1) is 23.3 Å². The Balaban J connectivity index is 1.93. The number of quaternary nitrogens is 1. The molecule has 1 aromatic heterocycles. The molecule has 0 saturated heterocycles. The van der Waals surface area contributed by atoms with Gasteiger partial charge in [-0.2, -0.15) is 0 Å².